The van der Waals surface area contributed by atoms with Gasteiger partial charge in [-0.1, -0.05) is 18.2 Å². The van der Waals surface area contributed by atoms with Gasteiger partial charge < -0.3 is 10.2 Å². The lowest BCUT2D eigenvalue weighted by atomic mass is 9.76. The number of carbonyl (C=O) groups is 2. The van der Waals surface area contributed by atoms with Crippen molar-refractivity contribution in [3.63, 3.8) is 0 Å². The Bertz CT molecular complexity index is 618. The average Bonchev–Trinajstić information content (AvgIpc) is 2.72. The van der Waals surface area contributed by atoms with Crippen molar-refractivity contribution in [2.24, 2.45) is 0 Å². The molecule has 4 heteroatoms. The molecule has 2 heterocycles. The number of benzene rings is 1. The molecule has 0 aromatic heterocycles. The number of allylic oxidation sites excluding steroid dienone is 1. The molecule has 1 N–H and O–H groups in total. The summed E-state index contributed by atoms with van der Waals surface area (Å²) in [5.74, 6) is -0.408. The Morgan fingerprint density at radius 3 is 2.44 bits per heavy atom. The van der Waals surface area contributed by atoms with Gasteiger partial charge in [0.05, 0.1) is 0 Å². The molecule has 4 nitrogen and oxygen atoms in total. The number of likely N-dealkylation sites (N-methyl/N-ethyl adjacent to an activating group) is 1. The van der Waals surface area contributed by atoms with E-state index in [1.165, 1.54) is 0 Å². The van der Waals surface area contributed by atoms with E-state index in [-0.39, 0.29) is 11.8 Å². The summed E-state index contributed by atoms with van der Waals surface area (Å²) in [7, 11) is 1.71. The first-order valence-electron chi connectivity index (χ1n) is 5.88. The number of amides is 2. The van der Waals surface area contributed by atoms with E-state index >= 15 is 0 Å². The summed E-state index contributed by atoms with van der Waals surface area (Å²) in [4.78, 5) is 26.5. The molecule has 2 aliphatic heterocycles. The SMILES string of the molecule is CC1=C(C)C2(C(=O)N1)C(=O)N(C)c1ccccc12. The molecule has 1 spiro atoms. The van der Waals surface area contributed by atoms with Gasteiger partial charge in [-0.05, 0) is 25.5 Å². The molecular weight excluding hydrogens is 228 g/mol. The zero-order valence-corrected chi connectivity index (χ0v) is 10.6. The predicted octanol–water partition coefficient (Wildman–Crippen LogP) is 1.32. The minimum atomic E-state index is -1.14. The van der Waals surface area contributed by atoms with Crippen molar-refractivity contribution in [1.82, 2.24) is 5.32 Å². The Morgan fingerprint density at radius 1 is 1.17 bits per heavy atom. The summed E-state index contributed by atoms with van der Waals surface area (Å²) >= 11 is 0. The normalized spacial score (nSPS) is 26.1. The standard InChI is InChI=1S/C14H14N2O2/c1-8-9(2)15-12(17)14(8)10-6-4-5-7-11(10)16(3)13(14)18/h4-7H,1-3H3,(H,15,17). The maximum Gasteiger partial charge on any atom is 0.251 e. The van der Waals surface area contributed by atoms with Crippen LogP contribution in [-0.4, -0.2) is 18.9 Å². The number of carbonyl (C=O) groups excluding carboxylic acids is 2. The molecule has 2 aliphatic rings. The largest absolute Gasteiger partial charge is 0.329 e. The molecule has 0 bridgehead atoms. The monoisotopic (exact) mass is 242 g/mol. The lowest BCUT2D eigenvalue weighted by molar-refractivity contribution is -0.132. The van der Waals surface area contributed by atoms with Crippen LogP contribution in [0.1, 0.15) is 19.4 Å². The Balaban J connectivity index is 2.38. The molecule has 0 saturated carbocycles. The van der Waals surface area contributed by atoms with Crippen molar-refractivity contribution < 1.29 is 9.59 Å². The summed E-state index contributed by atoms with van der Waals surface area (Å²) in [6.45, 7) is 3.68. The van der Waals surface area contributed by atoms with Crippen LogP contribution in [0.2, 0.25) is 0 Å². The summed E-state index contributed by atoms with van der Waals surface area (Å²) < 4.78 is 0. The van der Waals surface area contributed by atoms with Crippen LogP contribution in [0.15, 0.2) is 35.5 Å². The van der Waals surface area contributed by atoms with Gasteiger partial charge in [-0.2, -0.15) is 0 Å². The van der Waals surface area contributed by atoms with Gasteiger partial charge in [-0.15, -0.1) is 0 Å². The van der Waals surface area contributed by atoms with Gasteiger partial charge in [0.1, 0.15) is 0 Å². The zero-order valence-electron chi connectivity index (χ0n) is 10.6. The number of rotatable bonds is 0. The second-order valence-corrected chi connectivity index (χ2v) is 4.84. The highest BCUT2D eigenvalue weighted by Crippen LogP contribution is 2.48. The first kappa shape index (κ1) is 11.0. The smallest absolute Gasteiger partial charge is 0.251 e. The maximum absolute atomic E-state index is 12.6. The second-order valence-electron chi connectivity index (χ2n) is 4.84. The highest BCUT2D eigenvalue weighted by molar-refractivity contribution is 6.25. The summed E-state index contributed by atoms with van der Waals surface area (Å²) in [5, 5.41) is 2.78. The van der Waals surface area contributed by atoms with Crippen LogP contribution in [-0.2, 0) is 15.0 Å². The summed E-state index contributed by atoms with van der Waals surface area (Å²) in [5.41, 5.74) is 2.03. The van der Waals surface area contributed by atoms with Gasteiger partial charge in [0.2, 0.25) is 5.91 Å². The van der Waals surface area contributed by atoms with Gasteiger partial charge in [-0.25, -0.2) is 0 Å². The van der Waals surface area contributed by atoms with E-state index in [1.807, 2.05) is 38.1 Å². The molecule has 1 aromatic carbocycles. The van der Waals surface area contributed by atoms with Gasteiger partial charge >= 0.3 is 0 Å². The molecule has 0 aliphatic carbocycles. The minimum Gasteiger partial charge on any atom is -0.329 e. The number of hydrogen-bond acceptors (Lipinski definition) is 2. The van der Waals surface area contributed by atoms with Crippen molar-refractivity contribution in [3.8, 4) is 0 Å². The van der Waals surface area contributed by atoms with E-state index in [1.54, 1.807) is 11.9 Å². The van der Waals surface area contributed by atoms with Crippen LogP contribution >= 0.6 is 0 Å². The van der Waals surface area contributed by atoms with Crippen LogP contribution in [0.5, 0.6) is 0 Å². The molecule has 2 amide bonds. The number of hydrogen-bond donors (Lipinski definition) is 1. The fraction of sp³-hybridized carbons (Fsp3) is 0.286. The van der Waals surface area contributed by atoms with Gasteiger partial charge in [0.15, 0.2) is 5.41 Å². The Hall–Kier alpha value is -2.10. The molecule has 0 saturated heterocycles. The van der Waals surface area contributed by atoms with Crippen molar-refractivity contribution >= 4 is 17.5 Å². The second kappa shape index (κ2) is 3.22. The number of anilines is 1. The predicted molar refractivity (Wildman–Crippen MR) is 68.0 cm³/mol. The fourth-order valence-corrected chi connectivity index (χ4v) is 2.95. The van der Waals surface area contributed by atoms with Crippen LogP contribution < -0.4 is 10.2 Å². The quantitative estimate of drug-likeness (QED) is 0.698. The molecule has 1 atom stereocenters. The van der Waals surface area contributed by atoms with Gasteiger partial charge in [-0.3, -0.25) is 9.59 Å². The van der Waals surface area contributed by atoms with Crippen molar-refractivity contribution in [1.29, 1.82) is 0 Å². The van der Waals surface area contributed by atoms with Crippen LogP contribution in [0.4, 0.5) is 5.69 Å². The first-order valence-corrected chi connectivity index (χ1v) is 5.88. The van der Waals surface area contributed by atoms with E-state index in [2.05, 4.69) is 5.32 Å². The lowest BCUT2D eigenvalue weighted by Gasteiger charge is -2.21. The molecule has 0 radical (unpaired) electrons. The number of fused-ring (bicyclic) bond motifs is 2. The third-order valence-corrected chi connectivity index (χ3v) is 4.06. The van der Waals surface area contributed by atoms with Crippen molar-refractivity contribution in [3.05, 3.63) is 41.1 Å². The highest BCUT2D eigenvalue weighted by atomic mass is 16.2. The van der Waals surface area contributed by atoms with Crippen molar-refractivity contribution in [2.75, 3.05) is 11.9 Å². The van der Waals surface area contributed by atoms with E-state index in [4.69, 9.17) is 0 Å². The summed E-state index contributed by atoms with van der Waals surface area (Å²) in [6.07, 6.45) is 0. The minimum absolute atomic E-state index is 0.171. The highest BCUT2D eigenvalue weighted by Gasteiger charge is 2.59. The Kier molecular flexibility index (Phi) is 1.97. The molecular formula is C14H14N2O2. The van der Waals surface area contributed by atoms with E-state index in [9.17, 15) is 9.59 Å². The first-order chi connectivity index (χ1) is 8.51. The molecule has 92 valence electrons. The van der Waals surface area contributed by atoms with Gasteiger partial charge in [0, 0.05) is 24.0 Å². The number of nitrogens with zero attached hydrogens (tertiary/aromatic N) is 1. The van der Waals surface area contributed by atoms with E-state index in [0.29, 0.717) is 0 Å². The molecule has 18 heavy (non-hydrogen) atoms. The summed E-state index contributed by atoms with van der Waals surface area (Å²) in [6, 6.07) is 7.47. The molecule has 1 unspecified atom stereocenters. The third-order valence-electron chi connectivity index (χ3n) is 4.06. The Morgan fingerprint density at radius 2 is 1.83 bits per heavy atom. The molecule has 0 fully saturated rings. The molecule has 1 aromatic rings. The van der Waals surface area contributed by atoms with Crippen molar-refractivity contribution in [2.45, 2.75) is 19.3 Å². The maximum atomic E-state index is 12.6. The van der Waals surface area contributed by atoms with Gasteiger partial charge in [0.25, 0.3) is 5.91 Å². The number of nitrogens with one attached hydrogen (secondary N) is 1. The van der Waals surface area contributed by atoms with E-state index in [0.717, 1.165) is 22.5 Å². The van der Waals surface area contributed by atoms with Crippen LogP contribution in [0.25, 0.3) is 0 Å². The van der Waals surface area contributed by atoms with Crippen LogP contribution in [0.3, 0.4) is 0 Å². The Labute approximate surface area is 105 Å². The topological polar surface area (TPSA) is 49.4 Å². The zero-order chi connectivity index (χ0) is 13.1. The third kappa shape index (κ3) is 0.967. The fourth-order valence-electron chi connectivity index (χ4n) is 2.95. The lowest BCUT2D eigenvalue weighted by Crippen LogP contribution is -2.46. The van der Waals surface area contributed by atoms with Crippen LogP contribution in [0, 0.1) is 0 Å². The average molecular weight is 242 g/mol. The van der Waals surface area contributed by atoms with E-state index < -0.39 is 5.41 Å². The number of para-hydroxylation sites is 1. The molecule has 3 rings (SSSR count).